The fourth-order valence-corrected chi connectivity index (χ4v) is 14.4. The smallest absolute Gasteiger partial charge is 0.347 e. The van der Waals surface area contributed by atoms with Crippen LogP contribution in [0.25, 0.3) is 34.2 Å². The number of hydrogen-bond acceptors (Lipinski definition) is 12. The predicted molar refractivity (Wildman–Crippen MR) is 436 cm³/mol. The van der Waals surface area contributed by atoms with Crippen LogP contribution in [0.2, 0.25) is 0 Å². The third-order valence-corrected chi connectivity index (χ3v) is 21.2. The molecule has 1 aromatic heterocycles. The van der Waals surface area contributed by atoms with Gasteiger partial charge >= 0.3 is 11.9 Å². The Balaban J connectivity index is 1.02. The van der Waals surface area contributed by atoms with Crippen LogP contribution in [-0.4, -0.2) is 69.6 Å². The molecular weight excluding hydrogens is 1290 g/mol. The van der Waals surface area contributed by atoms with E-state index in [-0.39, 0.29) is 51.6 Å². The molecule has 12 heteroatoms. The van der Waals surface area contributed by atoms with E-state index in [9.17, 15) is 19.8 Å². The van der Waals surface area contributed by atoms with Crippen LogP contribution in [-0.2, 0) is 19.1 Å². The van der Waals surface area contributed by atoms with Crippen LogP contribution in [0.4, 0.5) is 0 Å². The monoisotopic (exact) mass is 1440 g/mol. The van der Waals surface area contributed by atoms with Gasteiger partial charge in [-0.25, -0.2) is 24.5 Å². The second kappa shape index (κ2) is 63.7. The van der Waals surface area contributed by atoms with Gasteiger partial charge in [-0.05, 0) is 75.2 Å². The van der Waals surface area contributed by atoms with Gasteiger partial charge in [-0.3, -0.25) is 0 Å². The van der Waals surface area contributed by atoms with Gasteiger partial charge in [0.05, 0.1) is 31.5 Å². The average Bonchev–Trinajstić information content (AvgIpc) is 0.787. The number of ether oxygens (including phenoxy) is 5. The van der Waals surface area contributed by atoms with Crippen molar-refractivity contribution in [2.45, 2.75) is 425 Å². The Bertz CT molecular complexity index is 2530. The molecule has 3 aromatic carbocycles. The van der Waals surface area contributed by atoms with Crippen LogP contribution in [0.15, 0.2) is 60.7 Å². The van der Waals surface area contributed by atoms with E-state index in [1.54, 1.807) is 57.4 Å². The molecule has 0 saturated carbocycles. The zero-order valence-corrected chi connectivity index (χ0v) is 67.4. The van der Waals surface area contributed by atoms with E-state index in [0.29, 0.717) is 24.5 Å². The Kier molecular flexibility index (Phi) is 55.7. The predicted octanol–water partition coefficient (Wildman–Crippen LogP) is 28.4. The molecule has 0 radical (unpaired) electrons. The zero-order chi connectivity index (χ0) is 74.2. The van der Waals surface area contributed by atoms with Crippen LogP contribution < -0.4 is 14.2 Å². The molecule has 104 heavy (non-hydrogen) atoms. The summed E-state index contributed by atoms with van der Waals surface area (Å²) >= 11 is 0. The summed E-state index contributed by atoms with van der Waals surface area (Å²) in [6, 6.07) is 16.6. The van der Waals surface area contributed by atoms with Crippen LogP contribution in [0.3, 0.4) is 0 Å². The first-order valence-corrected chi connectivity index (χ1v) is 43.9. The van der Waals surface area contributed by atoms with Gasteiger partial charge in [0.15, 0.2) is 29.7 Å². The number of unbranched alkanes of at least 4 members (excludes halogenated alkanes) is 58. The van der Waals surface area contributed by atoms with Crippen molar-refractivity contribution in [3.63, 3.8) is 0 Å². The summed E-state index contributed by atoms with van der Waals surface area (Å²) in [5, 5.41) is 22.9. The van der Waals surface area contributed by atoms with E-state index in [0.717, 1.165) is 38.5 Å². The number of aromatic nitrogens is 3. The third-order valence-electron chi connectivity index (χ3n) is 21.2. The molecule has 0 fully saturated rings. The highest BCUT2D eigenvalue weighted by molar-refractivity contribution is 5.76. The number of carbonyl (C=O) groups excluding carboxylic acids is 2. The number of nitrogens with zero attached hydrogens (tertiary/aromatic N) is 3. The number of methoxy groups -OCH3 is 1. The van der Waals surface area contributed by atoms with Gasteiger partial charge in [0.25, 0.3) is 0 Å². The number of aromatic hydroxyl groups is 2. The zero-order valence-electron chi connectivity index (χ0n) is 67.4. The Morgan fingerprint density at radius 3 is 0.731 bits per heavy atom. The van der Waals surface area contributed by atoms with Gasteiger partial charge < -0.3 is 33.9 Å². The number of phenolic OH excluding ortho intramolecular Hbond substituents is 2. The minimum Gasteiger partial charge on any atom is -0.507 e. The number of rotatable bonds is 72. The molecule has 0 aliphatic rings. The largest absolute Gasteiger partial charge is 0.507 e. The highest BCUT2D eigenvalue weighted by Gasteiger charge is 2.22. The van der Waals surface area contributed by atoms with E-state index in [2.05, 4.69) is 13.8 Å². The van der Waals surface area contributed by atoms with Crippen LogP contribution in [0, 0.1) is 0 Å². The van der Waals surface area contributed by atoms with Crippen molar-refractivity contribution in [3.05, 3.63) is 60.7 Å². The quantitative estimate of drug-likeness (QED) is 0.0319. The van der Waals surface area contributed by atoms with Gasteiger partial charge in [0.2, 0.25) is 0 Å². The van der Waals surface area contributed by atoms with Crippen molar-refractivity contribution in [1.82, 2.24) is 15.0 Å². The maximum atomic E-state index is 13.0. The van der Waals surface area contributed by atoms with Crippen LogP contribution >= 0.6 is 0 Å². The lowest BCUT2D eigenvalue weighted by molar-refractivity contribution is -0.152. The summed E-state index contributed by atoms with van der Waals surface area (Å²) in [6.07, 6.45) is 80.0. The van der Waals surface area contributed by atoms with E-state index >= 15 is 0 Å². The molecule has 4 aromatic rings. The SMILES string of the molecule is CCCCCCCCCCCCCCCCCCCCCCCCCCCCCCCCOC(=O)C(C)Oc1ccc(-c2nc(-c3ccc(OC)cc3)nc(-c3ccc(OC(C)C(=O)OCCCCCCCCCCCCCCCCCCCCCCCCCCCCCCCC)cc3O)n2)c(O)c1. The molecule has 0 spiro atoms. The summed E-state index contributed by atoms with van der Waals surface area (Å²) in [7, 11) is 1.59. The first-order valence-electron chi connectivity index (χ1n) is 43.9. The minimum absolute atomic E-state index is 0.136. The lowest BCUT2D eigenvalue weighted by Gasteiger charge is -2.16. The maximum absolute atomic E-state index is 13.0. The number of hydrogen-bond donors (Lipinski definition) is 2. The van der Waals surface area contributed by atoms with E-state index in [1.165, 1.54) is 359 Å². The molecule has 2 N–H and O–H groups in total. The average molecular weight is 1450 g/mol. The molecule has 0 bridgehead atoms. The molecule has 0 aliphatic carbocycles. The fourth-order valence-electron chi connectivity index (χ4n) is 14.4. The highest BCUT2D eigenvalue weighted by atomic mass is 16.6. The molecule has 2 unspecified atom stereocenters. The van der Waals surface area contributed by atoms with Crippen molar-refractivity contribution in [1.29, 1.82) is 0 Å². The fraction of sp³-hybridized carbons (Fsp3) is 0.750. The number of benzene rings is 3. The highest BCUT2D eigenvalue weighted by Crippen LogP contribution is 2.37. The first kappa shape index (κ1) is 91.0. The first-order chi connectivity index (χ1) is 51.1. The van der Waals surface area contributed by atoms with Crippen LogP contribution in [0.5, 0.6) is 28.7 Å². The Hall–Kier alpha value is -5.39. The molecule has 0 aliphatic heterocycles. The van der Waals surface area contributed by atoms with E-state index in [4.69, 9.17) is 38.6 Å². The van der Waals surface area contributed by atoms with Crippen molar-refractivity contribution < 1.29 is 43.5 Å². The van der Waals surface area contributed by atoms with Gasteiger partial charge in [-0.2, -0.15) is 0 Å². The molecule has 1 heterocycles. The second-order valence-electron chi connectivity index (χ2n) is 30.8. The molecule has 12 nitrogen and oxygen atoms in total. The second-order valence-corrected chi connectivity index (χ2v) is 30.8. The Morgan fingerprint density at radius 1 is 0.298 bits per heavy atom. The summed E-state index contributed by atoms with van der Waals surface area (Å²) in [4.78, 5) is 40.2. The van der Waals surface area contributed by atoms with Gasteiger partial charge in [-0.15, -0.1) is 0 Å². The van der Waals surface area contributed by atoms with Crippen molar-refractivity contribution in [2.75, 3.05) is 20.3 Å². The molecule has 2 atom stereocenters. The van der Waals surface area contributed by atoms with Crippen LogP contribution in [0.1, 0.15) is 413 Å². The maximum Gasteiger partial charge on any atom is 0.347 e. The minimum atomic E-state index is -0.898. The summed E-state index contributed by atoms with van der Waals surface area (Å²) in [5.74, 6) is 0.461. The lowest BCUT2D eigenvalue weighted by atomic mass is 10.0. The van der Waals surface area contributed by atoms with Crippen molar-refractivity contribution in [3.8, 4) is 62.9 Å². The Labute approximate surface area is 636 Å². The lowest BCUT2D eigenvalue weighted by Crippen LogP contribution is -2.26. The topological polar surface area (TPSA) is 159 Å². The van der Waals surface area contributed by atoms with E-state index in [1.807, 2.05) is 12.1 Å². The standard InChI is InChI=1S/C92H153N3O9/c1-6-8-10-12-14-16-18-20-22-24-26-28-30-32-34-36-38-40-42-44-46-48-50-52-54-56-58-60-62-64-74-101-91(98)78(3)103-82-70-72-84(86(96)76-82)89-93-88(80-66-68-81(100-5)69-67-80)94-90(95-89)85-73-71-83(77-87(85)97)104-79(4)92(99)102-75-65-63-61-59-57-55-53-51-49-47-45-43-41-39-37-35-33-31-29-27-25-23-21-19-17-15-13-11-9-7-2/h66-73,76-79,96-97H,6-65,74-75H2,1-5H3. The van der Waals surface area contributed by atoms with Gasteiger partial charge in [0.1, 0.15) is 28.7 Å². The van der Waals surface area contributed by atoms with Crippen molar-refractivity contribution >= 4 is 11.9 Å². The normalized spacial score (nSPS) is 12.0. The Morgan fingerprint density at radius 2 is 0.510 bits per heavy atom. The van der Waals surface area contributed by atoms with E-state index < -0.39 is 24.1 Å². The number of esters is 2. The molecule has 4 rings (SSSR count). The molecule has 0 amide bonds. The van der Waals surface area contributed by atoms with Crippen molar-refractivity contribution in [2.24, 2.45) is 0 Å². The van der Waals surface area contributed by atoms with Gasteiger partial charge in [0, 0.05) is 17.7 Å². The molecule has 0 saturated heterocycles. The third kappa shape index (κ3) is 46.0. The number of carbonyl (C=O) groups is 2. The number of phenols is 2. The van der Waals surface area contributed by atoms with Gasteiger partial charge in [-0.1, -0.05) is 386 Å². The molecule has 590 valence electrons. The summed E-state index contributed by atoms with van der Waals surface area (Å²) < 4.78 is 28.5. The summed E-state index contributed by atoms with van der Waals surface area (Å²) in [5.41, 5.74) is 1.20. The summed E-state index contributed by atoms with van der Waals surface area (Å²) in [6.45, 7) is 8.55. The molecular formula is C92H153N3O9.